The van der Waals surface area contributed by atoms with Crippen molar-refractivity contribution in [3.63, 3.8) is 0 Å². The second-order valence-corrected chi connectivity index (χ2v) is 22.8. The first-order valence-corrected chi connectivity index (χ1v) is 28.5. The summed E-state index contributed by atoms with van der Waals surface area (Å²) in [4.78, 5) is 0. The van der Waals surface area contributed by atoms with Gasteiger partial charge in [0.25, 0.3) is 0 Å². The maximum absolute atomic E-state index is 7.46. The van der Waals surface area contributed by atoms with Gasteiger partial charge in [-0.25, -0.2) is 0 Å². The molecule has 1 nitrogen and oxygen atoms in total. The standard InChI is InChI=1S/C44H32P2.C14H15NP.CH4.ClH.Ru/c1-5-19-35(20-6-1)45(36-21-7-2-8-22-36)41-31-29-33-17-13-15-27-39(33)43(41)44-40-28-16-14-18-34(40)30-32-42(44)46(37-23-9-3-10-24-37)38-25-11-4-12-26-38;15-11-12-16(13-7-3-1-4-8-13)14-9-5-2-6-10-14;;;/h1-32H;1-10,15H,11-12H2;1H4;1H;/q;-1;;;+3/p+2. The SMILES string of the molecule is C.[Cl][Ru+2].[NH-]CC[PH+](c1ccccc1)c1ccccc1.c1ccc([PH+](c2ccccc2)c2ccc3ccccc3c2-c2c([PH+](c3ccccc3)c3ccccc3)ccc3ccccc23)cc1. The fraction of sp³-hybridized carbons (Fsp3) is 0.0508. The van der Waals surface area contributed by atoms with Crippen LogP contribution in [0.2, 0.25) is 0 Å². The van der Waals surface area contributed by atoms with Crippen LogP contribution in [0, 0.1) is 0 Å². The fourth-order valence-corrected chi connectivity index (χ4v) is 16.6. The van der Waals surface area contributed by atoms with Crippen molar-refractivity contribution in [1.29, 1.82) is 0 Å². The molecule has 0 saturated heterocycles. The van der Waals surface area contributed by atoms with Crippen LogP contribution in [-0.4, -0.2) is 12.7 Å². The van der Waals surface area contributed by atoms with Crippen LogP contribution in [0.3, 0.4) is 0 Å². The quantitative estimate of drug-likeness (QED) is 0.0911. The predicted octanol–water partition coefficient (Wildman–Crippen LogP) is 12.9. The minimum absolute atomic E-state index is 0. The van der Waals surface area contributed by atoms with Crippen molar-refractivity contribution in [2.24, 2.45) is 0 Å². The average molecular weight is 1010 g/mol. The summed E-state index contributed by atoms with van der Waals surface area (Å²) in [5, 5.41) is 16.4. The van der Waals surface area contributed by atoms with E-state index >= 15 is 0 Å². The molecule has 0 spiro atoms. The van der Waals surface area contributed by atoms with Gasteiger partial charge in [-0.2, -0.15) is 0 Å². The molecule has 0 atom stereocenters. The maximum Gasteiger partial charge on any atom is 0.111 e. The van der Waals surface area contributed by atoms with Gasteiger partial charge in [0, 0.05) is 17.3 Å². The minimum atomic E-state index is -1.37. The molecular formula is C59H54ClNP3Ru+4. The number of nitrogens with one attached hydrogen (secondary N) is 1. The molecule has 321 valence electrons. The molecule has 6 heteroatoms. The van der Waals surface area contributed by atoms with Crippen LogP contribution in [0.5, 0.6) is 0 Å². The second-order valence-electron chi connectivity index (χ2n) is 15.3. The number of rotatable bonds is 11. The Balaban J connectivity index is 0.000000280. The third kappa shape index (κ3) is 11.3. The first-order valence-electron chi connectivity index (χ1n) is 21.5. The van der Waals surface area contributed by atoms with Crippen molar-refractivity contribution in [1.82, 2.24) is 0 Å². The third-order valence-corrected chi connectivity index (χ3v) is 19.9. The summed E-state index contributed by atoms with van der Waals surface area (Å²) < 4.78 is 0. The van der Waals surface area contributed by atoms with E-state index in [-0.39, 0.29) is 7.43 Å². The molecule has 0 heterocycles. The van der Waals surface area contributed by atoms with Crippen molar-refractivity contribution in [3.05, 3.63) is 261 Å². The minimum Gasteiger partial charge on any atom is -0.674 e. The molecule has 0 aliphatic rings. The Hall–Kier alpha value is -5.12. The van der Waals surface area contributed by atoms with Gasteiger partial charge in [-0.05, 0) is 106 Å². The Morgan fingerprint density at radius 2 is 0.585 bits per heavy atom. The van der Waals surface area contributed by atoms with Gasteiger partial charge in [0.15, 0.2) is 0 Å². The smallest absolute Gasteiger partial charge is 0.111 e. The fourth-order valence-electron chi connectivity index (χ4n) is 8.73. The van der Waals surface area contributed by atoms with Crippen molar-refractivity contribution in [3.8, 4) is 11.1 Å². The predicted molar refractivity (Wildman–Crippen MR) is 294 cm³/mol. The van der Waals surface area contributed by atoms with E-state index in [2.05, 4.69) is 264 Å². The molecule has 0 bridgehead atoms. The summed E-state index contributed by atoms with van der Waals surface area (Å²) in [6.45, 7) is 0.512. The molecule has 1 N–H and O–H groups in total. The molecule has 10 aromatic rings. The van der Waals surface area contributed by atoms with Gasteiger partial charge in [-0.15, -0.1) is 6.54 Å². The largest absolute Gasteiger partial charge is 0.674 e. The first kappa shape index (κ1) is 47.8. The molecule has 0 unspecified atom stereocenters. The van der Waals surface area contributed by atoms with Gasteiger partial charge < -0.3 is 5.73 Å². The van der Waals surface area contributed by atoms with Crippen LogP contribution >= 0.6 is 33.5 Å². The molecule has 0 saturated carbocycles. The molecule has 0 amide bonds. The first-order chi connectivity index (χ1) is 31.8. The van der Waals surface area contributed by atoms with Gasteiger partial charge in [0.05, 0.1) is 34.4 Å². The zero-order chi connectivity index (χ0) is 43.9. The Bertz CT molecular complexity index is 2700. The van der Waals surface area contributed by atoms with Crippen molar-refractivity contribution >= 4 is 97.4 Å². The van der Waals surface area contributed by atoms with Crippen LogP contribution in [-0.2, 0) is 17.3 Å². The summed E-state index contributed by atoms with van der Waals surface area (Å²) in [5.41, 5.74) is 10.2. The van der Waals surface area contributed by atoms with E-state index in [4.69, 9.17) is 5.73 Å². The van der Waals surface area contributed by atoms with Gasteiger partial charge in [-0.1, -0.05) is 177 Å². The Morgan fingerprint density at radius 1 is 0.323 bits per heavy atom. The summed E-state index contributed by atoms with van der Waals surface area (Å²) >= 11 is 1.82. The van der Waals surface area contributed by atoms with E-state index in [9.17, 15) is 0 Å². The second kappa shape index (κ2) is 24.4. The molecule has 10 rings (SSSR count). The van der Waals surface area contributed by atoms with E-state index in [0.717, 1.165) is 6.16 Å². The number of fused-ring (bicyclic) bond motifs is 2. The average Bonchev–Trinajstić information content (AvgIpc) is 3.38. The Morgan fingerprint density at radius 3 is 0.877 bits per heavy atom. The number of hydrogen-bond donors (Lipinski definition) is 0. The molecule has 0 aliphatic carbocycles. The molecule has 65 heavy (non-hydrogen) atoms. The monoisotopic (exact) mass is 1010 g/mol. The van der Waals surface area contributed by atoms with Crippen LogP contribution in [0.25, 0.3) is 38.4 Å². The molecule has 0 fully saturated rings. The zero-order valence-electron chi connectivity index (χ0n) is 35.4. The Kier molecular flexibility index (Phi) is 18.0. The molecule has 0 aromatic heterocycles. The van der Waals surface area contributed by atoms with Crippen LogP contribution < -0.4 is 42.4 Å². The molecular weight excluding hydrogens is 952 g/mol. The van der Waals surface area contributed by atoms with E-state index in [1.807, 2.05) is 17.3 Å². The number of benzene rings is 10. The third-order valence-electron chi connectivity index (χ3n) is 11.5. The molecule has 10 aromatic carbocycles. The number of halogens is 1. The zero-order valence-corrected chi connectivity index (χ0v) is 40.9. The van der Waals surface area contributed by atoms with Crippen molar-refractivity contribution < 1.29 is 17.3 Å². The van der Waals surface area contributed by atoms with Gasteiger partial charge >= 0.3 is 27.0 Å². The van der Waals surface area contributed by atoms with Gasteiger partial charge in [0.2, 0.25) is 0 Å². The molecule has 0 radical (unpaired) electrons. The van der Waals surface area contributed by atoms with Gasteiger partial charge in [-0.3, -0.25) is 0 Å². The summed E-state index contributed by atoms with van der Waals surface area (Å²) in [7, 11) is 1.09. The van der Waals surface area contributed by atoms with E-state index in [1.54, 1.807) is 0 Å². The summed E-state index contributed by atoms with van der Waals surface area (Å²) in [6.07, 6.45) is 0.985. The Labute approximate surface area is 403 Å². The number of hydrogen-bond acceptors (Lipinski definition) is 0. The van der Waals surface area contributed by atoms with Crippen LogP contribution in [0.1, 0.15) is 7.43 Å². The molecule has 0 aliphatic heterocycles. The van der Waals surface area contributed by atoms with Gasteiger partial charge in [0.1, 0.15) is 31.8 Å². The topological polar surface area (TPSA) is 23.8 Å². The van der Waals surface area contributed by atoms with E-state index in [0.29, 0.717) is 6.54 Å². The van der Waals surface area contributed by atoms with E-state index < -0.39 is 23.8 Å². The van der Waals surface area contributed by atoms with Crippen molar-refractivity contribution in [2.75, 3.05) is 12.7 Å². The normalized spacial score (nSPS) is 10.8. The van der Waals surface area contributed by atoms with Crippen LogP contribution in [0.15, 0.2) is 255 Å². The maximum atomic E-state index is 7.46. The summed E-state index contributed by atoms with van der Waals surface area (Å²) in [6, 6.07) is 93.4. The van der Waals surface area contributed by atoms with Crippen molar-refractivity contribution in [2.45, 2.75) is 7.43 Å². The summed E-state index contributed by atoms with van der Waals surface area (Å²) in [5.74, 6) is 0. The van der Waals surface area contributed by atoms with E-state index in [1.165, 1.54) is 75.1 Å². The van der Waals surface area contributed by atoms with Crippen LogP contribution in [0.4, 0.5) is 0 Å².